The fraction of sp³-hybridized carbons (Fsp3) is 0.125. The number of halogens is 1. The van der Waals surface area contributed by atoms with E-state index in [4.69, 9.17) is 10.9 Å². The van der Waals surface area contributed by atoms with Crippen molar-refractivity contribution in [3.63, 3.8) is 0 Å². The van der Waals surface area contributed by atoms with E-state index in [2.05, 4.69) is 21.1 Å². The zero-order chi connectivity index (χ0) is 9.14. The highest BCUT2D eigenvalue weighted by atomic mass is 79.9. The molecule has 1 rings (SSSR count). The normalized spacial score (nSPS) is 11.7. The number of rotatable bonds is 1. The molecule has 0 saturated heterocycles. The van der Waals surface area contributed by atoms with Crippen LogP contribution in [-0.2, 0) is 0 Å². The third kappa shape index (κ3) is 1.98. The molecule has 0 radical (unpaired) electrons. The monoisotopic (exact) mass is 228 g/mol. The molecular weight excluding hydrogens is 220 g/mol. The van der Waals surface area contributed by atoms with Crippen LogP contribution in [0.5, 0.6) is 0 Å². The third-order valence-electron chi connectivity index (χ3n) is 1.45. The highest BCUT2D eigenvalue weighted by Crippen LogP contribution is 2.14. The molecule has 0 atom stereocenters. The summed E-state index contributed by atoms with van der Waals surface area (Å²) in [7, 11) is 0. The first kappa shape index (κ1) is 9.06. The van der Waals surface area contributed by atoms with Gasteiger partial charge in [0.25, 0.3) is 0 Å². The lowest BCUT2D eigenvalue weighted by Crippen LogP contribution is -2.13. The van der Waals surface area contributed by atoms with Crippen molar-refractivity contribution in [3.8, 4) is 0 Å². The average Bonchev–Trinajstić information content (AvgIpc) is 2.01. The van der Waals surface area contributed by atoms with Gasteiger partial charge < -0.3 is 10.9 Å². The van der Waals surface area contributed by atoms with Crippen molar-refractivity contribution in [1.29, 1.82) is 0 Å². The summed E-state index contributed by atoms with van der Waals surface area (Å²) in [4.78, 5) is 0. The highest BCUT2D eigenvalue weighted by Gasteiger charge is 2.00. The first-order chi connectivity index (χ1) is 5.63. The van der Waals surface area contributed by atoms with Gasteiger partial charge in [0.1, 0.15) is 0 Å². The number of aryl methyl sites for hydroxylation is 1. The van der Waals surface area contributed by atoms with Gasteiger partial charge in [-0.1, -0.05) is 21.1 Å². The van der Waals surface area contributed by atoms with Gasteiger partial charge in [-0.15, -0.1) is 0 Å². The molecule has 0 amide bonds. The Morgan fingerprint density at radius 1 is 1.50 bits per heavy atom. The maximum atomic E-state index is 8.42. The minimum atomic E-state index is 0.124. The van der Waals surface area contributed by atoms with Crippen LogP contribution in [0.25, 0.3) is 0 Å². The number of benzene rings is 1. The molecular formula is C8H9BrN2O. The Balaban J connectivity index is 3.17. The van der Waals surface area contributed by atoms with Gasteiger partial charge in [-0.25, -0.2) is 0 Å². The maximum absolute atomic E-state index is 8.42. The zero-order valence-corrected chi connectivity index (χ0v) is 8.17. The smallest absolute Gasteiger partial charge is 0.170 e. The van der Waals surface area contributed by atoms with E-state index in [-0.39, 0.29) is 5.84 Å². The van der Waals surface area contributed by atoms with E-state index < -0.39 is 0 Å². The van der Waals surface area contributed by atoms with E-state index in [1.165, 1.54) is 0 Å². The van der Waals surface area contributed by atoms with Crippen LogP contribution in [0.1, 0.15) is 11.1 Å². The van der Waals surface area contributed by atoms with E-state index in [1.807, 2.05) is 19.1 Å². The summed E-state index contributed by atoms with van der Waals surface area (Å²) in [5, 5.41) is 11.3. The van der Waals surface area contributed by atoms with Gasteiger partial charge in [0.15, 0.2) is 5.84 Å². The molecule has 0 fully saturated rings. The zero-order valence-electron chi connectivity index (χ0n) is 6.58. The van der Waals surface area contributed by atoms with Gasteiger partial charge in [-0.3, -0.25) is 0 Å². The summed E-state index contributed by atoms with van der Waals surface area (Å²) in [5.74, 6) is 0.124. The average molecular weight is 229 g/mol. The van der Waals surface area contributed by atoms with Crippen LogP contribution in [0.4, 0.5) is 0 Å². The molecule has 0 bridgehead atoms. The number of hydrogen-bond donors (Lipinski definition) is 2. The van der Waals surface area contributed by atoms with Crippen LogP contribution in [0, 0.1) is 6.92 Å². The number of oxime groups is 1. The first-order valence-corrected chi connectivity index (χ1v) is 4.18. The van der Waals surface area contributed by atoms with Crippen LogP contribution in [0.15, 0.2) is 27.8 Å². The molecule has 3 N–H and O–H groups in total. The lowest BCUT2D eigenvalue weighted by molar-refractivity contribution is 0.318. The molecule has 1 aromatic carbocycles. The van der Waals surface area contributed by atoms with Gasteiger partial charge in [0.05, 0.1) is 0 Å². The molecule has 0 aliphatic heterocycles. The van der Waals surface area contributed by atoms with Gasteiger partial charge in [0.2, 0.25) is 0 Å². The first-order valence-electron chi connectivity index (χ1n) is 3.38. The number of hydrogen-bond acceptors (Lipinski definition) is 2. The molecule has 0 heterocycles. The molecule has 3 nitrogen and oxygen atoms in total. The molecule has 12 heavy (non-hydrogen) atoms. The molecule has 4 heteroatoms. The summed E-state index contributed by atoms with van der Waals surface area (Å²) >= 11 is 3.32. The van der Waals surface area contributed by atoms with Gasteiger partial charge in [-0.05, 0) is 30.7 Å². The fourth-order valence-corrected chi connectivity index (χ4v) is 1.55. The molecule has 0 aliphatic carbocycles. The Morgan fingerprint density at radius 2 is 2.17 bits per heavy atom. The van der Waals surface area contributed by atoms with Crippen molar-refractivity contribution in [2.24, 2.45) is 10.9 Å². The van der Waals surface area contributed by atoms with Gasteiger partial charge in [0, 0.05) is 10.0 Å². The summed E-state index contributed by atoms with van der Waals surface area (Å²) in [6, 6.07) is 5.59. The lowest BCUT2D eigenvalue weighted by atomic mass is 10.1. The van der Waals surface area contributed by atoms with Crippen molar-refractivity contribution in [3.05, 3.63) is 33.8 Å². The van der Waals surface area contributed by atoms with E-state index >= 15 is 0 Å². The Morgan fingerprint density at radius 3 is 2.67 bits per heavy atom. The van der Waals surface area contributed by atoms with Crippen LogP contribution < -0.4 is 5.73 Å². The second-order valence-corrected chi connectivity index (χ2v) is 3.42. The summed E-state index contributed by atoms with van der Waals surface area (Å²) in [6.07, 6.45) is 0. The van der Waals surface area contributed by atoms with E-state index in [0.717, 1.165) is 10.0 Å². The van der Waals surface area contributed by atoms with E-state index in [1.54, 1.807) is 6.07 Å². The van der Waals surface area contributed by atoms with Crippen LogP contribution in [0.2, 0.25) is 0 Å². The number of nitrogens with zero attached hydrogens (tertiary/aromatic N) is 1. The van der Waals surface area contributed by atoms with Crippen molar-refractivity contribution < 1.29 is 5.21 Å². The minimum absolute atomic E-state index is 0.124. The summed E-state index contributed by atoms with van der Waals surface area (Å²) in [6.45, 7) is 1.94. The minimum Gasteiger partial charge on any atom is -0.409 e. The quantitative estimate of drug-likeness (QED) is 0.334. The summed E-state index contributed by atoms with van der Waals surface area (Å²) < 4.78 is 0.920. The number of amidine groups is 1. The predicted molar refractivity (Wildman–Crippen MR) is 51.4 cm³/mol. The largest absolute Gasteiger partial charge is 0.409 e. The molecule has 0 saturated carbocycles. The van der Waals surface area contributed by atoms with Crippen molar-refractivity contribution >= 4 is 21.8 Å². The molecule has 0 unspecified atom stereocenters. The van der Waals surface area contributed by atoms with Crippen molar-refractivity contribution in [1.82, 2.24) is 0 Å². The van der Waals surface area contributed by atoms with Crippen molar-refractivity contribution in [2.75, 3.05) is 0 Å². The molecule has 0 aliphatic rings. The second kappa shape index (κ2) is 3.58. The Bertz CT molecular complexity index is 303. The fourth-order valence-electron chi connectivity index (χ4n) is 0.942. The Kier molecular flexibility index (Phi) is 2.70. The molecule has 0 spiro atoms. The van der Waals surface area contributed by atoms with Gasteiger partial charge in [-0.2, -0.15) is 0 Å². The Hall–Kier alpha value is -1.03. The number of nitrogens with two attached hydrogens (primary N) is 1. The molecule has 0 aromatic heterocycles. The Labute approximate surface area is 79.0 Å². The standard InChI is InChI=1S/C8H9BrN2O/c1-5-2-6(8(10)11-12)4-7(9)3-5/h2-4,12H,1H3,(H2,10,11). The van der Waals surface area contributed by atoms with Crippen LogP contribution in [-0.4, -0.2) is 11.0 Å². The SMILES string of the molecule is Cc1cc(Br)cc(C(N)=NO)c1. The van der Waals surface area contributed by atoms with Crippen LogP contribution >= 0.6 is 15.9 Å². The molecule has 64 valence electrons. The molecule has 1 aromatic rings. The highest BCUT2D eigenvalue weighted by molar-refractivity contribution is 9.10. The van der Waals surface area contributed by atoms with Crippen molar-refractivity contribution in [2.45, 2.75) is 6.92 Å². The van der Waals surface area contributed by atoms with Gasteiger partial charge >= 0.3 is 0 Å². The second-order valence-electron chi connectivity index (χ2n) is 2.50. The maximum Gasteiger partial charge on any atom is 0.170 e. The topological polar surface area (TPSA) is 58.6 Å². The third-order valence-corrected chi connectivity index (χ3v) is 1.90. The van der Waals surface area contributed by atoms with E-state index in [0.29, 0.717) is 5.56 Å². The lowest BCUT2D eigenvalue weighted by Gasteiger charge is -2.00. The van der Waals surface area contributed by atoms with E-state index in [9.17, 15) is 0 Å². The predicted octanol–water partition coefficient (Wildman–Crippen LogP) is 1.85. The van der Waals surface area contributed by atoms with Crippen LogP contribution in [0.3, 0.4) is 0 Å². The summed E-state index contributed by atoms with van der Waals surface area (Å²) in [5.41, 5.74) is 7.18.